The van der Waals surface area contributed by atoms with Gasteiger partial charge >= 0.3 is 0 Å². The van der Waals surface area contributed by atoms with E-state index in [-0.39, 0.29) is 5.82 Å². The van der Waals surface area contributed by atoms with Crippen molar-refractivity contribution < 1.29 is 13.2 Å². The third kappa shape index (κ3) is 5.49. The van der Waals surface area contributed by atoms with Gasteiger partial charge < -0.3 is 0 Å². The van der Waals surface area contributed by atoms with E-state index in [9.17, 15) is 13.2 Å². The maximum atomic E-state index is 14.3. The Morgan fingerprint density at radius 3 is 2.20 bits per heavy atom. The van der Waals surface area contributed by atoms with Gasteiger partial charge in [-0.15, -0.1) is 0 Å². The van der Waals surface area contributed by atoms with Crippen LogP contribution < -0.4 is 0 Å². The summed E-state index contributed by atoms with van der Waals surface area (Å²) in [6.45, 7) is 10.8. The summed E-state index contributed by atoms with van der Waals surface area (Å²) in [4.78, 5) is 0. The van der Waals surface area contributed by atoms with E-state index in [1.54, 1.807) is 38.1 Å². The Balaban J connectivity index is 0.00000151. The Labute approximate surface area is 148 Å². The smallest absolute Gasteiger partial charge is 0.131 e. The number of halogens is 3. The lowest BCUT2D eigenvalue weighted by Gasteiger charge is -2.08. The van der Waals surface area contributed by atoms with Crippen molar-refractivity contribution in [2.45, 2.75) is 27.7 Å². The molecule has 0 nitrogen and oxygen atoms in total. The van der Waals surface area contributed by atoms with Crippen LogP contribution in [0.15, 0.2) is 67.0 Å². The molecule has 132 valence electrons. The molecule has 0 N–H and O–H groups in total. The van der Waals surface area contributed by atoms with E-state index in [0.29, 0.717) is 22.3 Å². The highest BCUT2D eigenvalue weighted by Crippen LogP contribution is 2.27. The molecule has 0 saturated carbocycles. The first-order valence-electron chi connectivity index (χ1n) is 8.15. The molecular formula is C22H23F3. The number of allylic oxidation sites excluding steroid dienone is 5. The number of aryl methyl sites for hydroxylation is 1. The normalized spacial score (nSPS) is 11.6. The van der Waals surface area contributed by atoms with Gasteiger partial charge in [-0.3, -0.25) is 0 Å². The maximum Gasteiger partial charge on any atom is 0.131 e. The SMILES string of the molecule is C=C/C(F)=C\C=C(/C)c1ccc(-c2ccc(C)cc2F)cc1F.CC. The summed E-state index contributed by atoms with van der Waals surface area (Å²) in [7, 11) is 0. The van der Waals surface area contributed by atoms with E-state index >= 15 is 0 Å². The van der Waals surface area contributed by atoms with E-state index in [0.717, 1.165) is 11.6 Å². The van der Waals surface area contributed by atoms with Crippen LogP contribution in [-0.4, -0.2) is 0 Å². The Bertz CT molecular complexity index is 799. The molecule has 0 fully saturated rings. The standard InChI is InChI=1S/C20H17F3.C2H6/c1-4-16(21)8-6-14(3)17-10-7-15(12-20(17)23)18-9-5-13(2)11-19(18)22;1-2/h4-12H,1H2,2-3H3;1-2H3/b14-6+,16-8+;. The van der Waals surface area contributed by atoms with Gasteiger partial charge in [-0.25, -0.2) is 13.2 Å². The summed E-state index contributed by atoms with van der Waals surface area (Å²) >= 11 is 0. The zero-order valence-electron chi connectivity index (χ0n) is 15.0. The van der Waals surface area contributed by atoms with Gasteiger partial charge in [0.05, 0.1) is 0 Å². The van der Waals surface area contributed by atoms with Crippen LogP contribution >= 0.6 is 0 Å². The topological polar surface area (TPSA) is 0 Å². The molecule has 0 aliphatic rings. The summed E-state index contributed by atoms with van der Waals surface area (Å²) in [6.07, 6.45) is 3.76. The van der Waals surface area contributed by atoms with Crippen molar-refractivity contribution in [1.29, 1.82) is 0 Å². The van der Waals surface area contributed by atoms with E-state index in [1.807, 2.05) is 13.8 Å². The first-order valence-corrected chi connectivity index (χ1v) is 8.15. The van der Waals surface area contributed by atoms with Crippen molar-refractivity contribution in [3.63, 3.8) is 0 Å². The number of hydrogen-bond acceptors (Lipinski definition) is 0. The number of rotatable bonds is 4. The van der Waals surface area contributed by atoms with Crippen LogP contribution in [0.5, 0.6) is 0 Å². The molecule has 0 aliphatic carbocycles. The molecule has 25 heavy (non-hydrogen) atoms. The maximum absolute atomic E-state index is 14.3. The predicted octanol–water partition coefficient (Wildman–Crippen LogP) is 7.41. The average Bonchev–Trinajstić information content (AvgIpc) is 2.61. The van der Waals surface area contributed by atoms with Crippen molar-refractivity contribution in [2.24, 2.45) is 0 Å². The summed E-state index contributed by atoms with van der Waals surface area (Å²) in [5, 5.41) is 0. The van der Waals surface area contributed by atoms with Crippen LogP contribution in [0.25, 0.3) is 16.7 Å². The minimum Gasteiger partial charge on any atom is -0.207 e. The molecule has 0 amide bonds. The summed E-state index contributed by atoms with van der Waals surface area (Å²) < 4.78 is 41.3. The van der Waals surface area contributed by atoms with Gasteiger partial charge in [-0.2, -0.15) is 0 Å². The molecule has 0 unspecified atom stereocenters. The van der Waals surface area contributed by atoms with Crippen LogP contribution in [0.2, 0.25) is 0 Å². The zero-order chi connectivity index (χ0) is 19.0. The molecule has 0 atom stereocenters. The van der Waals surface area contributed by atoms with Crippen molar-refractivity contribution >= 4 is 5.57 Å². The molecule has 0 aliphatic heterocycles. The molecule has 0 aromatic heterocycles. The number of benzene rings is 2. The molecule has 0 heterocycles. The Morgan fingerprint density at radius 1 is 0.960 bits per heavy atom. The van der Waals surface area contributed by atoms with Crippen LogP contribution in [0, 0.1) is 18.6 Å². The molecule has 0 spiro atoms. The van der Waals surface area contributed by atoms with E-state index in [2.05, 4.69) is 6.58 Å². The van der Waals surface area contributed by atoms with Crippen LogP contribution in [0.3, 0.4) is 0 Å². The Morgan fingerprint density at radius 2 is 1.64 bits per heavy atom. The summed E-state index contributed by atoms with van der Waals surface area (Å²) in [5.41, 5.74) is 2.52. The summed E-state index contributed by atoms with van der Waals surface area (Å²) in [5.74, 6) is -1.37. The molecule has 2 aromatic rings. The van der Waals surface area contributed by atoms with Gasteiger partial charge in [-0.1, -0.05) is 50.8 Å². The molecule has 2 aromatic carbocycles. The van der Waals surface area contributed by atoms with E-state index in [4.69, 9.17) is 0 Å². The quantitative estimate of drug-likeness (QED) is 0.507. The highest BCUT2D eigenvalue weighted by Gasteiger charge is 2.10. The summed E-state index contributed by atoms with van der Waals surface area (Å²) in [6, 6.07) is 9.32. The Hall–Kier alpha value is -2.55. The largest absolute Gasteiger partial charge is 0.207 e. The van der Waals surface area contributed by atoms with Crippen LogP contribution in [0.1, 0.15) is 31.9 Å². The minimum absolute atomic E-state index is 0.342. The van der Waals surface area contributed by atoms with Gasteiger partial charge in [-0.05, 0) is 54.8 Å². The van der Waals surface area contributed by atoms with Crippen LogP contribution in [0.4, 0.5) is 13.2 Å². The van der Waals surface area contributed by atoms with Gasteiger partial charge in [0.2, 0.25) is 0 Å². The van der Waals surface area contributed by atoms with Crippen molar-refractivity contribution in [2.75, 3.05) is 0 Å². The fraction of sp³-hybridized carbons (Fsp3) is 0.182. The van der Waals surface area contributed by atoms with Crippen molar-refractivity contribution in [1.82, 2.24) is 0 Å². The van der Waals surface area contributed by atoms with Crippen molar-refractivity contribution in [3.05, 3.63) is 89.8 Å². The van der Waals surface area contributed by atoms with Gasteiger partial charge in [0.1, 0.15) is 17.5 Å². The first-order chi connectivity index (χ1) is 11.9. The lowest BCUT2D eigenvalue weighted by Crippen LogP contribution is -1.91. The second-order valence-corrected chi connectivity index (χ2v) is 5.28. The van der Waals surface area contributed by atoms with Crippen LogP contribution in [-0.2, 0) is 0 Å². The van der Waals surface area contributed by atoms with Gasteiger partial charge in [0, 0.05) is 11.1 Å². The molecular weight excluding hydrogens is 321 g/mol. The first kappa shape index (κ1) is 20.5. The zero-order valence-corrected chi connectivity index (χ0v) is 15.0. The van der Waals surface area contributed by atoms with Crippen molar-refractivity contribution in [3.8, 4) is 11.1 Å². The van der Waals surface area contributed by atoms with Gasteiger partial charge in [0.25, 0.3) is 0 Å². The highest BCUT2D eigenvalue weighted by molar-refractivity contribution is 5.71. The van der Waals surface area contributed by atoms with E-state index < -0.39 is 11.6 Å². The fourth-order valence-electron chi connectivity index (χ4n) is 2.22. The Kier molecular flexibility index (Phi) is 7.93. The lowest BCUT2D eigenvalue weighted by molar-refractivity contribution is 0.621. The monoisotopic (exact) mass is 344 g/mol. The molecule has 2 rings (SSSR count). The lowest BCUT2D eigenvalue weighted by atomic mass is 9.99. The fourth-order valence-corrected chi connectivity index (χ4v) is 2.22. The van der Waals surface area contributed by atoms with Gasteiger partial charge in [0.15, 0.2) is 0 Å². The molecule has 0 bridgehead atoms. The van der Waals surface area contributed by atoms with E-state index in [1.165, 1.54) is 24.3 Å². The highest BCUT2D eigenvalue weighted by atomic mass is 19.1. The third-order valence-corrected chi connectivity index (χ3v) is 3.52. The molecule has 0 radical (unpaired) electrons. The number of hydrogen-bond donors (Lipinski definition) is 0. The molecule has 3 heteroatoms. The predicted molar refractivity (Wildman–Crippen MR) is 101 cm³/mol. The second kappa shape index (κ2) is 9.67. The average molecular weight is 344 g/mol. The molecule has 0 saturated heterocycles. The second-order valence-electron chi connectivity index (χ2n) is 5.28. The third-order valence-electron chi connectivity index (χ3n) is 3.52. The minimum atomic E-state index is -0.497.